The number of hydrogen-bond donors (Lipinski definition) is 2. The zero-order chi connectivity index (χ0) is 23.7. The maximum atomic E-state index is 12.9. The molecule has 3 aromatic carbocycles. The molecule has 0 bridgehead atoms. The van der Waals surface area contributed by atoms with E-state index in [1.807, 2.05) is 31.2 Å². The highest BCUT2D eigenvalue weighted by molar-refractivity contribution is 7.20. The minimum atomic E-state index is -0.321. The third-order valence-electron chi connectivity index (χ3n) is 5.34. The van der Waals surface area contributed by atoms with Crippen LogP contribution >= 0.6 is 11.3 Å². The predicted molar refractivity (Wildman–Crippen MR) is 131 cm³/mol. The fraction of sp³-hybridized carbons (Fsp3) is 0.160. The van der Waals surface area contributed by atoms with Gasteiger partial charge in [-0.05, 0) is 61.0 Å². The minimum Gasteiger partial charge on any atom is -0.497 e. The fourth-order valence-corrected chi connectivity index (χ4v) is 4.42. The first-order chi connectivity index (χ1) is 16.5. The van der Waals surface area contributed by atoms with E-state index in [1.54, 1.807) is 37.4 Å². The Balaban J connectivity index is 1.32. The highest BCUT2D eigenvalue weighted by Gasteiger charge is 2.17. The molecule has 2 N–H and O–H groups in total. The van der Waals surface area contributed by atoms with E-state index < -0.39 is 0 Å². The first kappa shape index (κ1) is 21.7. The van der Waals surface area contributed by atoms with E-state index in [9.17, 15) is 9.59 Å². The zero-order valence-electron chi connectivity index (χ0n) is 18.5. The number of carbonyl (C=O) groups excluding carboxylic acids is 2. The third-order valence-corrected chi connectivity index (χ3v) is 6.35. The fourth-order valence-electron chi connectivity index (χ4n) is 3.53. The molecule has 9 heteroatoms. The van der Waals surface area contributed by atoms with E-state index in [-0.39, 0.29) is 11.8 Å². The SMILES string of the molecule is COc1ccc2nc(C(=O)Nc3cc(NC(=O)c4ccc5c(c4)OCCO5)ccc3C)sc2c1. The number of methoxy groups -OCH3 is 1. The molecule has 0 saturated heterocycles. The van der Waals surface area contributed by atoms with Gasteiger partial charge in [0.25, 0.3) is 11.8 Å². The van der Waals surface area contributed by atoms with E-state index in [0.29, 0.717) is 52.4 Å². The van der Waals surface area contributed by atoms with Crippen molar-refractivity contribution >= 4 is 44.7 Å². The highest BCUT2D eigenvalue weighted by Crippen LogP contribution is 2.31. The van der Waals surface area contributed by atoms with Crippen LogP contribution in [0.4, 0.5) is 11.4 Å². The van der Waals surface area contributed by atoms with Crippen molar-refractivity contribution in [1.82, 2.24) is 4.98 Å². The summed E-state index contributed by atoms with van der Waals surface area (Å²) in [5.74, 6) is 1.26. The lowest BCUT2D eigenvalue weighted by Gasteiger charge is -2.18. The van der Waals surface area contributed by atoms with Crippen molar-refractivity contribution in [1.29, 1.82) is 0 Å². The summed E-state index contributed by atoms with van der Waals surface area (Å²) in [6.45, 7) is 2.81. The first-order valence-electron chi connectivity index (χ1n) is 10.6. The first-order valence-corrected chi connectivity index (χ1v) is 11.4. The van der Waals surface area contributed by atoms with Gasteiger partial charge >= 0.3 is 0 Å². The van der Waals surface area contributed by atoms with Crippen LogP contribution in [0.5, 0.6) is 17.2 Å². The lowest BCUT2D eigenvalue weighted by Crippen LogP contribution is -2.17. The van der Waals surface area contributed by atoms with Crippen LogP contribution in [0.2, 0.25) is 0 Å². The summed E-state index contributed by atoms with van der Waals surface area (Å²) in [6, 6.07) is 15.9. The lowest BCUT2D eigenvalue weighted by atomic mass is 10.1. The van der Waals surface area contributed by atoms with Gasteiger partial charge in [-0.1, -0.05) is 6.07 Å². The number of hydrogen-bond acceptors (Lipinski definition) is 7. The van der Waals surface area contributed by atoms with Crippen LogP contribution in [0.1, 0.15) is 25.7 Å². The molecule has 2 heterocycles. The van der Waals surface area contributed by atoms with Gasteiger partial charge in [0.15, 0.2) is 16.5 Å². The van der Waals surface area contributed by atoms with Gasteiger partial charge in [-0.2, -0.15) is 0 Å². The molecule has 0 spiro atoms. The van der Waals surface area contributed by atoms with Crippen molar-refractivity contribution in [3.05, 3.63) is 70.7 Å². The number of nitrogens with one attached hydrogen (secondary N) is 2. The monoisotopic (exact) mass is 475 g/mol. The van der Waals surface area contributed by atoms with Gasteiger partial charge < -0.3 is 24.8 Å². The number of aromatic nitrogens is 1. The van der Waals surface area contributed by atoms with E-state index in [0.717, 1.165) is 15.8 Å². The topological polar surface area (TPSA) is 98.8 Å². The highest BCUT2D eigenvalue weighted by atomic mass is 32.1. The van der Waals surface area contributed by atoms with Crippen LogP contribution in [0.15, 0.2) is 54.6 Å². The van der Waals surface area contributed by atoms with Gasteiger partial charge in [0.1, 0.15) is 19.0 Å². The van der Waals surface area contributed by atoms with Crippen LogP contribution in [-0.2, 0) is 0 Å². The van der Waals surface area contributed by atoms with Gasteiger partial charge in [-0.25, -0.2) is 4.98 Å². The van der Waals surface area contributed by atoms with Crippen LogP contribution in [-0.4, -0.2) is 37.1 Å². The number of thiazole rings is 1. The maximum Gasteiger partial charge on any atom is 0.284 e. The largest absolute Gasteiger partial charge is 0.497 e. The average Bonchev–Trinajstić information content (AvgIpc) is 3.29. The van der Waals surface area contributed by atoms with Crippen LogP contribution in [0.3, 0.4) is 0 Å². The molecule has 5 rings (SSSR count). The molecular formula is C25H21N3O5S. The van der Waals surface area contributed by atoms with Crippen molar-refractivity contribution in [3.63, 3.8) is 0 Å². The molecule has 34 heavy (non-hydrogen) atoms. The summed E-state index contributed by atoms with van der Waals surface area (Å²) >= 11 is 1.29. The Hall–Kier alpha value is -4.11. The molecule has 1 aliphatic rings. The summed E-state index contributed by atoms with van der Waals surface area (Å²) in [7, 11) is 1.60. The minimum absolute atomic E-state index is 0.293. The van der Waals surface area contributed by atoms with Gasteiger partial charge in [-0.15, -0.1) is 11.3 Å². The van der Waals surface area contributed by atoms with E-state index >= 15 is 0 Å². The molecule has 8 nitrogen and oxygen atoms in total. The number of benzene rings is 3. The van der Waals surface area contributed by atoms with Crippen LogP contribution in [0, 0.1) is 6.92 Å². The van der Waals surface area contributed by atoms with Gasteiger partial charge in [0.05, 0.1) is 17.3 Å². The molecule has 0 unspecified atom stereocenters. The molecule has 0 aliphatic carbocycles. The Morgan fingerprint density at radius 2 is 1.76 bits per heavy atom. The molecule has 1 aromatic heterocycles. The Morgan fingerprint density at radius 3 is 2.59 bits per heavy atom. The summed E-state index contributed by atoms with van der Waals surface area (Å²) in [4.78, 5) is 30.1. The number of nitrogens with zero attached hydrogens (tertiary/aromatic N) is 1. The predicted octanol–water partition coefficient (Wildman–Crippen LogP) is 4.89. The number of fused-ring (bicyclic) bond motifs is 2. The molecule has 4 aromatic rings. The number of ether oxygens (including phenoxy) is 3. The van der Waals surface area contributed by atoms with Crippen molar-refractivity contribution in [2.45, 2.75) is 6.92 Å². The number of aryl methyl sites for hydroxylation is 1. The third kappa shape index (κ3) is 4.38. The van der Waals surface area contributed by atoms with Crippen LogP contribution < -0.4 is 24.8 Å². The van der Waals surface area contributed by atoms with E-state index in [1.165, 1.54) is 11.3 Å². The second-order valence-electron chi connectivity index (χ2n) is 7.65. The zero-order valence-corrected chi connectivity index (χ0v) is 19.3. The molecule has 2 amide bonds. The lowest BCUT2D eigenvalue weighted by molar-refractivity contribution is 0.101. The van der Waals surface area contributed by atoms with Crippen molar-refractivity contribution in [2.24, 2.45) is 0 Å². The smallest absolute Gasteiger partial charge is 0.284 e. The second kappa shape index (κ2) is 9.03. The summed E-state index contributed by atoms with van der Waals surface area (Å²) in [6.07, 6.45) is 0. The molecule has 0 saturated carbocycles. The normalized spacial score (nSPS) is 12.3. The molecule has 172 valence electrons. The van der Waals surface area contributed by atoms with Crippen molar-refractivity contribution < 1.29 is 23.8 Å². The van der Waals surface area contributed by atoms with E-state index in [4.69, 9.17) is 14.2 Å². The van der Waals surface area contributed by atoms with Crippen LogP contribution in [0.25, 0.3) is 10.2 Å². The Labute approximate surface area is 199 Å². The van der Waals surface area contributed by atoms with Crippen molar-refractivity contribution in [3.8, 4) is 17.2 Å². The van der Waals surface area contributed by atoms with Gasteiger partial charge in [-0.3, -0.25) is 9.59 Å². The average molecular weight is 476 g/mol. The Morgan fingerprint density at radius 1 is 0.941 bits per heavy atom. The number of amides is 2. The summed E-state index contributed by atoms with van der Waals surface area (Å²) < 4.78 is 17.2. The van der Waals surface area contributed by atoms with Crippen molar-refractivity contribution in [2.75, 3.05) is 31.0 Å². The van der Waals surface area contributed by atoms with Gasteiger partial charge in [0, 0.05) is 16.9 Å². The molecule has 1 aliphatic heterocycles. The molecule has 0 radical (unpaired) electrons. The number of carbonyl (C=O) groups is 2. The number of anilines is 2. The standard InChI is InChI=1S/C25H21N3O5S/c1-14-3-5-16(26-23(29)15-4-8-20-21(11-15)33-10-9-32-20)12-19(14)27-24(30)25-28-18-7-6-17(31-2)13-22(18)34-25/h3-8,11-13H,9-10H2,1-2H3,(H,26,29)(H,27,30). The number of rotatable bonds is 5. The quantitative estimate of drug-likeness (QED) is 0.427. The Bertz CT molecular complexity index is 1420. The molecular weight excluding hydrogens is 454 g/mol. The van der Waals surface area contributed by atoms with Gasteiger partial charge in [0.2, 0.25) is 0 Å². The van der Waals surface area contributed by atoms with E-state index in [2.05, 4.69) is 15.6 Å². The molecule has 0 atom stereocenters. The summed E-state index contributed by atoms with van der Waals surface area (Å²) in [5.41, 5.74) is 3.17. The maximum absolute atomic E-state index is 12.9. The summed E-state index contributed by atoms with van der Waals surface area (Å²) in [5, 5.41) is 6.11. The Kier molecular flexibility index (Phi) is 5.77. The second-order valence-corrected chi connectivity index (χ2v) is 8.68. The molecule has 0 fully saturated rings.